The fourth-order valence-electron chi connectivity index (χ4n) is 2.13. The van der Waals surface area contributed by atoms with Gasteiger partial charge in [0.05, 0.1) is 12.6 Å². The molecule has 0 bridgehead atoms. The molecule has 0 radical (unpaired) electrons. The minimum absolute atomic E-state index is 0.0881. The average molecular weight is 327 g/mol. The number of aryl methyl sites for hydroxylation is 1. The van der Waals surface area contributed by atoms with Crippen LogP contribution in [0.1, 0.15) is 36.2 Å². The minimum Gasteiger partial charge on any atom is -0.494 e. The molecule has 0 aliphatic rings. The molecule has 0 heterocycles. The average Bonchev–Trinajstić information content (AvgIpc) is 2.60. The highest BCUT2D eigenvalue weighted by Crippen LogP contribution is 2.13. The van der Waals surface area contributed by atoms with Crippen molar-refractivity contribution in [1.82, 2.24) is 5.32 Å². The summed E-state index contributed by atoms with van der Waals surface area (Å²) in [6, 6.07) is 15.0. The molecule has 1 N–H and O–H groups in total. The Morgan fingerprint density at radius 3 is 2.21 bits per heavy atom. The Bertz CT molecular complexity index is 635. The van der Waals surface area contributed by atoms with Gasteiger partial charge in [0.25, 0.3) is 5.91 Å². The lowest BCUT2D eigenvalue weighted by Gasteiger charge is -2.15. The van der Waals surface area contributed by atoms with E-state index in [1.54, 1.807) is 12.1 Å². The zero-order valence-electron chi connectivity index (χ0n) is 14.5. The summed E-state index contributed by atoms with van der Waals surface area (Å²) in [7, 11) is 0. The highest BCUT2D eigenvalue weighted by Gasteiger charge is 2.10. The maximum Gasteiger partial charge on any atom is 0.251 e. The normalized spacial score (nSPS) is 11.6. The van der Waals surface area contributed by atoms with Crippen LogP contribution in [0.15, 0.2) is 48.5 Å². The van der Waals surface area contributed by atoms with E-state index < -0.39 is 0 Å². The van der Waals surface area contributed by atoms with Crippen LogP contribution in [0.4, 0.5) is 0 Å². The van der Waals surface area contributed by atoms with Gasteiger partial charge in [0.1, 0.15) is 18.1 Å². The second kappa shape index (κ2) is 8.96. The van der Waals surface area contributed by atoms with E-state index in [4.69, 9.17) is 9.47 Å². The van der Waals surface area contributed by atoms with E-state index in [-0.39, 0.29) is 11.9 Å². The summed E-state index contributed by atoms with van der Waals surface area (Å²) in [6.07, 6.45) is 0.959. The molecule has 4 nitrogen and oxygen atoms in total. The Labute approximate surface area is 143 Å². The van der Waals surface area contributed by atoms with E-state index in [0.717, 1.165) is 17.9 Å². The van der Waals surface area contributed by atoms with Crippen molar-refractivity contribution in [3.8, 4) is 11.5 Å². The number of nitrogens with one attached hydrogen (secondary N) is 1. The van der Waals surface area contributed by atoms with Gasteiger partial charge >= 0.3 is 0 Å². The molecule has 1 amide bonds. The van der Waals surface area contributed by atoms with Crippen molar-refractivity contribution in [2.45, 2.75) is 33.2 Å². The molecule has 128 valence electrons. The molecule has 24 heavy (non-hydrogen) atoms. The van der Waals surface area contributed by atoms with Crippen molar-refractivity contribution in [3.05, 3.63) is 59.7 Å². The quantitative estimate of drug-likeness (QED) is 0.798. The molecule has 2 aromatic carbocycles. The molecule has 0 aliphatic heterocycles. The topological polar surface area (TPSA) is 47.6 Å². The van der Waals surface area contributed by atoms with Gasteiger partial charge in [-0.3, -0.25) is 4.79 Å². The standard InChI is InChI=1S/C20H25NO3/c1-4-13-23-18-11-7-17(8-12-18)20(22)21-16(3)14-24-19-9-5-15(2)6-10-19/h5-12,16H,4,13-14H2,1-3H3,(H,21,22)/t16-/m1/s1. The van der Waals surface area contributed by atoms with Gasteiger partial charge in [-0.2, -0.15) is 0 Å². The van der Waals surface area contributed by atoms with Crippen LogP contribution >= 0.6 is 0 Å². The lowest BCUT2D eigenvalue weighted by Crippen LogP contribution is -2.36. The number of carbonyl (C=O) groups excluding carboxylic acids is 1. The highest BCUT2D eigenvalue weighted by molar-refractivity contribution is 5.94. The Morgan fingerprint density at radius 1 is 1.00 bits per heavy atom. The molecule has 2 aromatic rings. The largest absolute Gasteiger partial charge is 0.494 e. The van der Waals surface area contributed by atoms with Crippen molar-refractivity contribution < 1.29 is 14.3 Å². The van der Waals surface area contributed by atoms with Gasteiger partial charge in [-0.05, 0) is 56.7 Å². The summed E-state index contributed by atoms with van der Waals surface area (Å²) in [6.45, 7) is 7.11. The molecule has 0 fully saturated rings. The summed E-state index contributed by atoms with van der Waals surface area (Å²) >= 11 is 0. The summed E-state index contributed by atoms with van der Waals surface area (Å²) in [4.78, 5) is 12.2. The first-order valence-electron chi connectivity index (χ1n) is 8.31. The van der Waals surface area contributed by atoms with Crippen LogP contribution in [-0.2, 0) is 0 Å². The third kappa shape index (κ3) is 5.61. The van der Waals surface area contributed by atoms with Crippen LogP contribution in [0.25, 0.3) is 0 Å². The molecular formula is C20H25NO3. The van der Waals surface area contributed by atoms with Crippen LogP contribution in [-0.4, -0.2) is 25.2 Å². The molecule has 1 atom stereocenters. The predicted molar refractivity (Wildman–Crippen MR) is 95.8 cm³/mol. The number of amides is 1. The summed E-state index contributed by atoms with van der Waals surface area (Å²) < 4.78 is 11.2. The second-order valence-corrected chi connectivity index (χ2v) is 5.87. The molecule has 0 saturated carbocycles. The van der Waals surface area contributed by atoms with E-state index in [1.165, 1.54) is 5.56 Å². The molecule has 0 aliphatic carbocycles. The first-order valence-corrected chi connectivity index (χ1v) is 8.31. The monoisotopic (exact) mass is 327 g/mol. The van der Waals surface area contributed by atoms with Crippen LogP contribution in [0.2, 0.25) is 0 Å². The fourth-order valence-corrected chi connectivity index (χ4v) is 2.13. The molecule has 0 unspecified atom stereocenters. The molecule has 0 aromatic heterocycles. The molecular weight excluding hydrogens is 302 g/mol. The van der Waals surface area contributed by atoms with Crippen molar-refractivity contribution in [2.24, 2.45) is 0 Å². The van der Waals surface area contributed by atoms with Crippen molar-refractivity contribution in [1.29, 1.82) is 0 Å². The van der Waals surface area contributed by atoms with E-state index >= 15 is 0 Å². The van der Waals surface area contributed by atoms with E-state index in [0.29, 0.717) is 18.8 Å². The van der Waals surface area contributed by atoms with Gasteiger partial charge in [-0.25, -0.2) is 0 Å². The first kappa shape index (κ1) is 17.9. The number of hydrogen-bond acceptors (Lipinski definition) is 3. The van der Waals surface area contributed by atoms with Crippen LogP contribution < -0.4 is 14.8 Å². The summed E-state index contributed by atoms with van der Waals surface area (Å²) in [5.41, 5.74) is 1.80. The van der Waals surface area contributed by atoms with Gasteiger partial charge in [0.2, 0.25) is 0 Å². The van der Waals surface area contributed by atoms with Crippen LogP contribution in [0.3, 0.4) is 0 Å². The Balaban J connectivity index is 1.81. The third-order valence-electron chi connectivity index (χ3n) is 3.49. The summed E-state index contributed by atoms with van der Waals surface area (Å²) in [5.74, 6) is 1.47. The van der Waals surface area contributed by atoms with Gasteiger partial charge in [-0.1, -0.05) is 24.6 Å². The number of hydrogen-bond donors (Lipinski definition) is 1. The maximum absolute atomic E-state index is 12.2. The molecule has 0 saturated heterocycles. The first-order chi connectivity index (χ1) is 11.6. The zero-order chi connectivity index (χ0) is 17.4. The second-order valence-electron chi connectivity index (χ2n) is 5.87. The molecule has 4 heteroatoms. The fraction of sp³-hybridized carbons (Fsp3) is 0.350. The highest BCUT2D eigenvalue weighted by atomic mass is 16.5. The van der Waals surface area contributed by atoms with Crippen LogP contribution in [0, 0.1) is 6.92 Å². The SMILES string of the molecule is CCCOc1ccc(C(=O)N[C@H](C)COc2ccc(C)cc2)cc1. The van der Waals surface area contributed by atoms with Crippen molar-refractivity contribution in [2.75, 3.05) is 13.2 Å². The van der Waals surface area contributed by atoms with Gasteiger partial charge in [0.15, 0.2) is 0 Å². The Hall–Kier alpha value is -2.49. The Morgan fingerprint density at radius 2 is 1.58 bits per heavy atom. The number of rotatable bonds is 8. The smallest absolute Gasteiger partial charge is 0.251 e. The maximum atomic E-state index is 12.2. The van der Waals surface area contributed by atoms with Gasteiger partial charge in [-0.15, -0.1) is 0 Å². The van der Waals surface area contributed by atoms with E-state index in [1.807, 2.05) is 50.2 Å². The zero-order valence-corrected chi connectivity index (χ0v) is 14.5. The van der Waals surface area contributed by atoms with Gasteiger partial charge in [0, 0.05) is 5.56 Å². The minimum atomic E-state index is -0.114. The lowest BCUT2D eigenvalue weighted by atomic mass is 10.2. The number of carbonyl (C=O) groups is 1. The number of benzene rings is 2. The molecule has 0 spiro atoms. The van der Waals surface area contributed by atoms with Crippen LogP contribution in [0.5, 0.6) is 11.5 Å². The number of ether oxygens (including phenoxy) is 2. The molecule has 2 rings (SSSR count). The van der Waals surface area contributed by atoms with Gasteiger partial charge < -0.3 is 14.8 Å². The van der Waals surface area contributed by atoms with E-state index in [9.17, 15) is 4.79 Å². The third-order valence-corrected chi connectivity index (χ3v) is 3.49. The van der Waals surface area contributed by atoms with E-state index in [2.05, 4.69) is 12.2 Å². The summed E-state index contributed by atoms with van der Waals surface area (Å²) in [5, 5.41) is 2.94. The van der Waals surface area contributed by atoms with Crippen molar-refractivity contribution >= 4 is 5.91 Å². The van der Waals surface area contributed by atoms with Crippen molar-refractivity contribution in [3.63, 3.8) is 0 Å². The Kier molecular flexibility index (Phi) is 6.67. The lowest BCUT2D eigenvalue weighted by molar-refractivity contribution is 0.0926. The predicted octanol–water partition coefficient (Wildman–Crippen LogP) is 3.98.